The van der Waals surface area contributed by atoms with Crippen LogP contribution in [0.15, 0.2) is 18.2 Å². The molecular formula is C21H38O5Si. The quantitative estimate of drug-likeness (QED) is 0.478. The molecule has 0 saturated carbocycles. The van der Waals surface area contributed by atoms with Crippen LogP contribution in [-0.4, -0.2) is 41.3 Å². The summed E-state index contributed by atoms with van der Waals surface area (Å²) in [7, 11) is 1.82. The molecule has 1 aromatic carbocycles. The van der Waals surface area contributed by atoms with Gasteiger partial charge in [0.1, 0.15) is 22.7 Å². The molecule has 1 aromatic rings. The number of hydrogen-bond donors (Lipinski definition) is 0. The first-order chi connectivity index (χ1) is 12.6. The standard InChI is InChI=1S/C21H38O5Si/c1-10-12-20(3,4)25-17-14-18(26-21(5,6)13-11-2)16-19(15-17)27(22-7,23-8)24-9/h14-16H,10-13H2,1-9H3. The van der Waals surface area contributed by atoms with E-state index in [1.54, 1.807) is 21.3 Å². The highest BCUT2D eigenvalue weighted by atomic mass is 28.4. The molecule has 156 valence electrons. The van der Waals surface area contributed by atoms with Crippen molar-refractivity contribution in [1.29, 1.82) is 0 Å². The van der Waals surface area contributed by atoms with Crippen LogP contribution in [0.3, 0.4) is 0 Å². The molecule has 1 rings (SSSR count). The maximum Gasteiger partial charge on any atom is 0.536 e. The van der Waals surface area contributed by atoms with Crippen LogP contribution in [-0.2, 0) is 13.3 Å². The van der Waals surface area contributed by atoms with E-state index in [2.05, 4.69) is 41.5 Å². The minimum Gasteiger partial charge on any atom is -0.488 e. The van der Waals surface area contributed by atoms with Gasteiger partial charge in [-0.15, -0.1) is 0 Å². The Balaban J connectivity index is 3.38. The van der Waals surface area contributed by atoms with E-state index in [9.17, 15) is 0 Å². The molecule has 0 unspecified atom stereocenters. The third-order valence-electron chi connectivity index (χ3n) is 4.53. The summed E-state index contributed by atoms with van der Waals surface area (Å²) >= 11 is 0. The zero-order valence-corrected chi connectivity index (χ0v) is 19.6. The molecule has 0 fully saturated rings. The lowest BCUT2D eigenvalue weighted by molar-refractivity contribution is 0.0895. The van der Waals surface area contributed by atoms with Gasteiger partial charge in [-0.05, 0) is 52.7 Å². The summed E-state index contributed by atoms with van der Waals surface area (Å²) in [5.41, 5.74) is -0.554. The summed E-state index contributed by atoms with van der Waals surface area (Å²) in [5.74, 6) is 1.47. The molecule has 0 amide bonds. The summed E-state index contributed by atoms with van der Waals surface area (Å²) in [6, 6.07) is 5.83. The van der Waals surface area contributed by atoms with Crippen LogP contribution in [0.4, 0.5) is 0 Å². The Kier molecular flexibility index (Phi) is 8.80. The van der Waals surface area contributed by atoms with E-state index in [0.717, 1.165) is 42.4 Å². The van der Waals surface area contributed by atoms with Gasteiger partial charge in [-0.2, -0.15) is 0 Å². The summed E-state index contributed by atoms with van der Waals surface area (Å²) in [4.78, 5) is 0. The molecule has 0 radical (unpaired) electrons. The number of benzene rings is 1. The van der Waals surface area contributed by atoms with Gasteiger partial charge in [0.05, 0.1) is 0 Å². The summed E-state index contributed by atoms with van der Waals surface area (Å²) in [6.07, 6.45) is 4.01. The van der Waals surface area contributed by atoms with Crippen LogP contribution in [0.25, 0.3) is 0 Å². The second-order valence-electron chi connectivity index (χ2n) is 8.09. The number of rotatable bonds is 12. The topological polar surface area (TPSA) is 46.2 Å². The number of ether oxygens (including phenoxy) is 2. The third kappa shape index (κ3) is 6.78. The molecule has 0 atom stereocenters. The van der Waals surface area contributed by atoms with Gasteiger partial charge < -0.3 is 22.8 Å². The van der Waals surface area contributed by atoms with E-state index < -0.39 is 8.80 Å². The summed E-state index contributed by atoms with van der Waals surface area (Å²) < 4.78 is 29.6. The highest BCUT2D eigenvalue weighted by Gasteiger charge is 2.42. The minimum atomic E-state index is -3.00. The molecule has 0 aliphatic heterocycles. The predicted molar refractivity (Wildman–Crippen MR) is 112 cm³/mol. The zero-order chi connectivity index (χ0) is 20.7. The molecule has 0 N–H and O–H groups in total. The average molecular weight is 399 g/mol. The van der Waals surface area contributed by atoms with Crippen LogP contribution in [0.1, 0.15) is 67.2 Å². The summed E-state index contributed by atoms with van der Waals surface area (Å²) in [6.45, 7) is 12.7. The fourth-order valence-corrected chi connectivity index (χ4v) is 5.26. The lowest BCUT2D eigenvalue weighted by atomic mass is 10.0. The molecular weight excluding hydrogens is 360 g/mol. The second-order valence-corrected chi connectivity index (χ2v) is 11.0. The largest absolute Gasteiger partial charge is 0.536 e. The van der Waals surface area contributed by atoms with Gasteiger partial charge in [-0.1, -0.05) is 26.7 Å². The van der Waals surface area contributed by atoms with Crippen molar-refractivity contribution in [3.05, 3.63) is 18.2 Å². The molecule has 0 bridgehead atoms. The molecule has 5 nitrogen and oxygen atoms in total. The van der Waals surface area contributed by atoms with Crippen LogP contribution in [0, 0.1) is 0 Å². The summed E-state index contributed by atoms with van der Waals surface area (Å²) in [5, 5.41) is 0.821. The van der Waals surface area contributed by atoms with Gasteiger partial charge in [0, 0.05) is 32.6 Å². The van der Waals surface area contributed by atoms with Crippen molar-refractivity contribution in [2.24, 2.45) is 0 Å². The van der Waals surface area contributed by atoms with Crippen molar-refractivity contribution in [2.75, 3.05) is 21.3 Å². The Morgan fingerprint density at radius 1 is 0.704 bits per heavy atom. The van der Waals surface area contributed by atoms with E-state index >= 15 is 0 Å². The highest BCUT2D eigenvalue weighted by molar-refractivity contribution is 6.75. The Morgan fingerprint density at radius 2 is 1.07 bits per heavy atom. The lowest BCUT2D eigenvalue weighted by Gasteiger charge is -2.31. The van der Waals surface area contributed by atoms with Crippen LogP contribution in [0.5, 0.6) is 11.5 Å². The van der Waals surface area contributed by atoms with Crippen molar-refractivity contribution < 1.29 is 22.8 Å². The van der Waals surface area contributed by atoms with Gasteiger partial charge in [-0.3, -0.25) is 0 Å². The maximum atomic E-state index is 6.30. The third-order valence-corrected chi connectivity index (χ3v) is 7.14. The molecule has 0 aliphatic rings. The molecule has 0 aromatic heterocycles. The fraction of sp³-hybridized carbons (Fsp3) is 0.714. The van der Waals surface area contributed by atoms with E-state index in [0.29, 0.717) is 0 Å². The van der Waals surface area contributed by atoms with Crippen molar-refractivity contribution >= 4 is 14.0 Å². The monoisotopic (exact) mass is 398 g/mol. The SMILES string of the molecule is CCCC(C)(C)Oc1cc(OC(C)(C)CCC)cc([Si](OC)(OC)OC)c1. The predicted octanol–water partition coefficient (Wildman–Crippen LogP) is 4.69. The van der Waals surface area contributed by atoms with Crippen molar-refractivity contribution in [1.82, 2.24) is 0 Å². The van der Waals surface area contributed by atoms with Gasteiger partial charge in [0.25, 0.3) is 0 Å². The second kappa shape index (κ2) is 9.91. The van der Waals surface area contributed by atoms with E-state index in [1.165, 1.54) is 0 Å². The molecule has 27 heavy (non-hydrogen) atoms. The van der Waals surface area contributed by atoms with Gasteiger partial charge >= 0.3 is 8.80 Å². The Morgan fingerprint density at radius 3 is 1.37 bits per heavy atom. The first kappa shape index (κ1) is 24.0. The molecule has 6 heteroatoms. The van der Waals surface area contributed by atoms with E-state index in [-0.39, 0.29) is 11.2 Å². The Bertz CT molecular complexity index is 535. The van der Waals surface area contributed by atoms with Gasteiger partial charge in [0.15, 0.2) is 0 Å². The molecule has 0 saturated heterocycles. The molecule has 0 aliphatic carbocycles. The van der Waals surface area contributed by atoms with Crippen LogP contribution >= 0.6 is 0 Å². The Hall–Kier alpha value is -1.08. The van der Waals surface area contributed by atoms with Crippen molar-refractivity contribution in [3.8, 4) is 11.5 Å². The number of hydrogen-bond acceptors (Lipinski definition) is 5. The van der Waals surface area contributed by atoms with Crippen LogP contribution < -0.4 is 14.7 Å². The zero-order valence-electron chi connectivity index (χ0n) is 18.6. The average Bonchev–Trinajstić information content (AvgIpc) is 2.55. The van der Waals surface area contributed by atoms with Gasteiger partial charge in [-0.25, -0.2) is 0 Å². The van der Waals surface area contributed by atoms with Crippen LogP contribution in [0.2, 0.25) is 0 Å². The first-order valence-electron chi connectivity index (χ1n) is 9.76. The van der Waals surface area contributed by atoms with Crippen molar-refractivity contribution in [3.63, 3.8) is 0 Å². The first-order valence-corrected chi connectivity index (χ1v) is 11.5. The lowest BCUT2D eigenvalue weighted by Crippen LogP contribution is -2.54. The minimum absolute atomic E-state index is 0.277. The smallest absolute Gasteiger partial charge is 0.488 e. The van der Waals surface area contributed by atoms with Gasteiger partial charge in [0.2, 0.25) is 0 Å². The fourth-order valence-electron chi connectivity index (χ4n) is 3.41. The Labute approximate surface area is 166 Å². The van der Waals surface area contributed by atoms with E-state index in [1.807, 2.05) is 18.2 Å². The molecule has 0 spiro atoms. The molecule has 0 heterocycles. The highest BCUT2D eigenvalue weighted by Crippen LogP contribution is 2.29. The van der Waals surface area contributed by atoms with Crippen molar-refractivity contribution in [2.45, 2.75) is 78.4 Å². The normalized spacial score (nSPS) is 12.9. The maximum absolute atomic E-state index is 6.30. The van der Waals surface area contributed by atoms with E-state index in [4.69, 9.17) is 22.8 Å².